The van der Waals surface area contributed by atoms with Crippen LogP contribution in [0.2, 0.25) is 0 Å². The number of nitrogens with one attached hydrogen (secondary N) is 3. The van der Waals surface area contributed by atoms with Crippen molar-refractivity contribution in [2.45, 2.75) is 103 Å². The fourth-order valence-corrected chi connectivity index (χ4v) is 7.14. The third-order valence-corrected chi connectivity index (χ3v) is 10.1. The number of aliphatic hydroxyl groups is 1. The number of aromatic amines is 1. The highest BCUT2D eigenvalue weighted by Crippen LogP contribution is 2.45. The summed E-state index contributed by atoms with van der Waals surface area (Å²) < 4.78 is 32.4. The SMILES string of the molecule is CCCOP(=O)(O)O[C@H](C)[C@H](CC(=O)[C@H](CO)NC(=O)[C@@H](CC(=O)[C@H](CC(C)C)NC(=O)[C@@H]1CCCN1C(=O)CCOCCOC)Cc1cnc[nH]1)C(N)=O. The maximum Gasteiger partial charge on any atom is 0.472 e. The van der Waals surface area contributed by atoms with E-state index < -0.39 is 86.2 Å². The molecule has 2 rings (SSSR count). The summed E-state index contributed by atoms with van der Waals surface area (Å²) >= 11 is 0. The highest BCUT2D eigenvalue weighted by Gasteiger charge is 2.38. The number of methoxy groups -OCH3 is 1. The molecule has 1 aromatic heterocycles. The van der Waals surface area contributed by atoms with E-state index in [9.17, 15) is 43.3 Å². The smallest absolute Gasteiger partial charge is 0.394 e. The van der Waals surface area contributed by atoms with E-state index in [2.05, 4.69) is 20.6 Å². The summed E-state index contributed by atoms with van der Waals surface area (Å²) in [5.74, 6) is -6.40. The van der Waals surface area contributed by atoms with Gasteiger partial charge < -0.3 is 45.7 Å². The van der Waals surface area contributed by atoms with Crippen LogP contribution in [-0.4, -0.2) is 131 Å². The third kappa shape index (κ3) is 16.6. The molecule has 1 unspecified atom stereocenters. The minimum Gasteiger partial charge on any atom is -0.394 e. The molecule has 312 valence electrons. The Labute approximate surface area is 321 Å². The second-order valence-corrected chi connectivity index (χ2v) is 15.4. The van der Waals surface area contributed by atoms with Crippen LogP contribution in [0.1, 0.15) is 78.3 Å². The van der Waals surface area contributed by atoms with Gasteiger partial charge in [-0.05, 0) is 38.5 Å². The van der Waals surface area contributed by atoms with Crippen LogP contribution in [0, 0.1) is 17.8 Å². The zero-order valence-corrected chi connectivity index (χ0v) is 33.3. The Morgan fingerprint density at radius 3 is 2.36 bits per heavy atom. The molecular formula is C35H59N6O13P. The minimum absolute atomic E-state index is 0.0258. The van der Waals surface area contributed by atoms with E-state index in [1.165, 1.54) is 24.3 Å². The van der Waals surface area contributed by atoms with Crippen LogP contribution in [0.4, 0.5) is 0 Å². The number of likely N-dealkylation sites (tertiary alicyclic amines) is 1. The monoisotopic (exact) mass is 802 g/mol. The number of amides is 4. The minimum atomic E-state index is -4.59. The number of hydrogen-bond donors (Lipinski definition) is 6. The largest absolute Gasteiger partial charge is 0.472 e. The number of hydrogen-bond acceptors (Lipinski definition) is 13. The fourth-order valence-electron chi connectivity index (χ4n) is 6.09. The Kier molecular flexibility index (Phi) is 20.9. The van der Waals surface area contributed by atoms with E-state index in [4.69, 9.17) is 24.3 Å². The maximum atomic E-state index is 13.9. The molecular weight excluding hydrogens is 743 g/mol. The normalized spacial score (nSPS) is 18.2. The van der Waals surface area contributed by atoms with E-state index in [0.29, 0.717) is 44.7 Å². The molecule has 20 heteroatoms. The summed E-state index contributed by atoms with van der Waals surface area (Å²) in [5.41, 5.74) is 5.98. The summed E-state index contributed by atoms with van der Waals surface area (Å²) in [5, 5.41) is 15.4. The van der Waals surface area contributed by atoms with Gasteiger partial charge in [0.2, 0.25) is 23.6 Å². The number of phosphoric acid groups is 1. The average molecular weight is 803 g/mol. The van der Waals surface area contributed by atoms with Crippen molar-refractivity contribution in [2.75, 3.05) is 46.7 Å². The Balaban J connectivity index is 2.19. The first kappa shape index (κ1) is 47.6. The quantitative estimate of drug-likeness (QED) is 0.0500. The Bertz CT molecular complexity index is 1450. The highest BCUT2D eigenvalue weighted by atomic mass is 31.2. The molecule has 0 bridgehead atoms. The van der Waals surface area contributed by atoms with Gasteiger partial charge in [0.15, 0.2) is 11.6 Å². The van der Waals surface area contributed by atoms with Gasteiger partial charge in [-0.25, -0.2) is 9.55 Å². The molecule has 1 aromatic rings. The first-order valence-electron chi connectivity index (χ1n) is 18.6. The van der Waals surface area contributed by atoms with Crippen LogP contribution in [-0.2, 0) is 58.3 Å². The number of nitrogens with zero attached hydrogens (tertiary/aromatic N) is 2. The van der Waals surface area contributed by atoms with Crippen LogP contribution >= 0.6 is 7.82 Å². The van der Waals surface area contributed by atoms with Crippen molar-refractivity contribution >= 4 is 43.0 Å². The number of H-pyrrole nitrogens is 1. The molecule has 2 heterocycles. The van der Waals surface area contributed by atoms with Crippen molar-refractivity contribution in [2.24, 2.45) is 23.5 Å². The summed E-state index contributed by atoms with van der Waals surface area (Å²) in [6.45, 7) is 7.01. The Morgan fingerprint density at radius 1 is 1.05 bits per heavy atom. The van der Waals surface area contributed by atoms with E-state index in [1.807, 2.05) is 13.8 Å². The molecule has 7 N–H and O–H groups in total. The van der Waals surface area contributed by atoms with Crippen LogP contribution in [0.25, 0.3) is 0 Å². The van der Waals surface area contributed by atoms with Gasteiger partial charge in [-0.15, -0.1) is 0 Å². The number of carbonyl (C=O) groups is 6. The zero-order chi connectivity index (χ0) is 41.1. The topological polar surface area (TPSA) is 279 Å². The van der Waals surface area contributed by atoms with Crippen molar-refractivity contribution in [3.63, 3.8) is 0 Å². The predicted octanol–water partition coefficient (Wildman–Crippen LogP) is 0.573. The van der Waals surface area contributed by atoms with Gasteiger partial charge in [-0.1, -0.05) is 20.8 Å². The van der Waals surface area contributed by atoms with Gasteiger partial charge in [0.1, 0.15) is 12.1 Å². The molecule has 1 saturated heterocycles. The molecule has 0 aliphatic carbocycles. The van der Waals surface area contributed by atoms with Crippen molar-refractivity contribution in [1.29, 1.82) is 0 Å². The van der Waals surface area contributed by atoms with Gasteiger partial charge >= 0.3 is 7.82 Å². The summed E-state index contributed by atoms with van der Waals surface area (Å²) in [7, 11) is -3.05. The van der Waals surface area contributed by atoms with Crippen molar-refractivity contribution in [1.82, 2.24) is 25.5 Å². The first-order chi connectivity index (χ1) is 26.0. The van der Waals surface area contributed by atoms with Crippen molar-refractivity contribution in [3.8, 4) is 0 Å². The highest BCUT2D eigenvalue weighted by molar-refractivity contribution is 7.47. The second-order valence-electron chi connectivity index (χ2n) is 14.0. The van der Waals surface area contributed by atoms with Crippen molar-refractivity contribution < 1.29 is 61.9 Å². The predicted molar refractivity (Wildman–Crippen MR) is 197 cm³/mol. The molecule has 55 heavy (non-hydrogen) atoms. The van der Waals surface area contributed by atoms with E-state index in [-0.39, 0.29) is 50.7 Å². The van der Waals surface area contributed by atoms with Gasteiger partial charge in [0.05, 0.1) is 69.8 Å². The van der Waals surface area contributed by atoms with Gasteiger partial charge in [-0.3, -0.25) is 37.8 Å². The van der Waals surface area contributed by atoms with Gasteiger partial charge in [0, 0.05) is 44.8 Å². The standard InChI is InChI=1S/C35H59N6O13P/c1-6-11-53-55(49,50)54-23(4)26(33(36)46)18-31(44)28(20-42)40-34(47)24(16-25-19-37-21-38-25)17-30(43)27(15-22(2)3)39-35(48)29-8-7-10-41(29)32(45)9-12-52-14-13-51-5/h19,21-24,26-29,42H,6-18,20H2,1-5H3,(H2,36,46)(H,37,38)(H,39,48)(H,40,47)(H,49,50)/t23-,24-,26+,27+,28+,29+/m1/s1. The summed E-state index contributed by atoms with van der Waals surface area (Å²) in [6, 6.07) is -3.32. The number of ether oxygens (including phenoxy) is 2. The van der Waals surface area contributed by atoms with Crippen LogP contribution < -0.4 is 16.4 Å². The van der Waals surface area contributed by atoms with E-state index in [1.54, 1.807) is 14.0 Å². The molecule has 0 saturated carbocycles. The average Bonchev–Trinajstić information content (AvgIpc) is 3.83. The molecule has 4 amide bonds. The maximum absolute atomic E-state index is 13.9. The first-order valence-corrected chi connectivity index (χ1v) is 20.1. The molecule has 1 aliphatic heterocycles. The molecule has 0 spiro atoms. The van der Waals surface area contributed by atoms with Gasteiger partial charge in [-0.2, -0.15) is 0 Å². The van der Waals surface area contributed by atoms with Gasteiger partial charge in [0.25, 0.3) is 0 Å². The second kappa shape index (κ2) is 24.1. The zero-order valence-electron chi connectivity index (χ0n) is 32.4. The number of rotatable bonds is 28. The van der Waals surface area contributed by atoms with Crippen LogP contribution in [0.5, 0.6) is 0 Å². The number of imidazole rings is 1. The van der Waals surface area contributed by atoms with E-state index >= 15 is 0 Å². The van der Waals surface area contributed by atoms with E-state index in [0.717, 1.165) is 0 Å². The summed E-state index contributed by atoms with van der Waals surface area (Å²) in [6.07, 6.45) is 2.20. The number of primary amides is 1. The number of phosphoric ester groups is 1. The Hall–Kier alpha value is -3.58. The lowest BCUT2D eigenvalue weighted by molar-refractivity contribution is -0.140. The fraction of sp³-hybridized carbons (Fsp3) is 0.743. The lowest BCUT2D eigenvalue weighted by Gasteiger charge is -2.28. The number of ketones is 2. The third-order valence-electron chi connectivity index (χ3n) is 9.02. The number of Topliss-reactive ketones (excluding diaryl/α,β-unsaturated/α-hetero) is 2. The summed E-state index contributed by atoms with van der Waals surface area (Å²) in [4.78, 5) is 98.1. The Morgan fingerprint density at radius 2 is 1.76 bits per heavy atom. The number of carbonyl (C=O) groups excluding carboxylic acids is 6. The molecule has 0 radical (unpaired) electrons. The lowest BCUT2D eigenvalue weighted by Crippen LogP contribution is -2.52. The molecule has 7 atom stereocenters. The lowest BCUT2D eigenvalue weighted by atomic mass is 9.89. The van der Waals surface area contributed by atoms with Crippen LogP contribution in [0.15, 0.2) is 12.5 Å². The molecule has 1 fully saturated rings. The number of aliphatic hydroxyl groups excluding tert-OH is 1. The molecule has 19 nitrogen and oxygen atoms in total. The number of aromatic nitrogens is 2. The molecule has 1 aliphatic rings. The van der Waals surface area contributed by atoms with Crippen molar-refractivity contribution in [3.05, 3.63) is 18.2 Å². The molecule has 0 aromatic carbocycles. The number of nitrogens with two attached hydrogens (primary N) is 1. The van der Waals surface area contributed by atoms with Crippen LogP contribution in [0.3, 0.4) is 0 Å².